The van der Waals surface area contributed by atoms with E-state index in [1.54, 1.807) is 63.8 Å². The molecule has 0 amide bonds. The van der Waals surface area contributed by atoms with Gasteiger partial charge in [0, 0.05) is 17.5 Å². The molecule has 0 fully saturated rings. The van der Waals surface area contributed by atoms with Gasteiger partial charge in [-0.3, -0.25) is 9.59 Å². The minimum atomic E-state index is -0.641. The van der Waals surface area contributed by atoms with E-state index in [1.165, 1.54) is 0 Å². The van der Waals surface area contributed by atoms with E-state index in [0.29, 0.717) is 23.0 Å². The average Bonchev–Trinajstić information content (AvgIpc) is 2.44. The van der Waals surface area contributed by atoms with E-state index in [2.05, 4.69) is 22.6 Å². The molecule has 0 aliphatic carbocycles. The van der Waals surface area contributed by atoms with Gasteiger partial charge in [0.2, 0.25) is 0 Å². The Hall–Kier alpha value is -1.08. The van der Waals surface area contributed by atoms with Crippen molar-refractivity contribution in [3.63, 3.8) is 0 Å². The standard InChI is InChI=1S/C19H24ClIO4/c1-18(2,3)16(22)24-14-8-12(7-13(20)11-21)9-15(10-14)25-17(23)19(4,5)6/h8-11H,7H2,1-6H3/b13-11-. The van der Waals surface area contributed by atoms with Gasteiger partial charge in [-0.05, 0) is 63.3 Å². The molecule has 0 atom stereocenters. The minimum Gasteiger partial charge on any atom is -0.426 e. The van der Waals surface area contributed by atoms with Gasteiger partial charge in [0.25, 0.3) is 0 Å². The van der Waals surface area contributed by atoms with Crippen LogP contribution in [0.2, 0.25) is 0 Å². The van der Waals surface area contributed by atoms with Crippen LogP contribution in [0.15, 0.2) is 27.3 Å². The molecule has 0 spiro atoms. The van der Waals surface area contributed by atoms with E-state index >= 15 is 0 Å². The summed E-state index contributed by atoms with van der Waals surface area (Å²) in [6.45, 7) is 10.6. The zero-order chi connectivity index (χ0) is 19.4. The van der Waals surface area contributed by atoms with E-state index in [9.17, 15) is 9.59 Å². The van der Waals surface area contributed by atoms with Crippen molar-refractivity contribution < 1.29 is 19.1 Å². The van der Waals surface area contributed by atoms with E-state index in [4.69, 9.17) is 21.1 Å². The quantitative estimate of drug-likeness (QED) is 0.319. The summed E-state index contributed by atoms with van der Waals surface area (Å²) in [4.78, 5) is 24.3. The third-order valence-corrected chi connectivity index (χ3v) is 4.44. The Morgan fingerprint density at radius 3 is 1.68 bits per heavy atom. The maximum atomic E-state index is 12.1. The molecule has 0 bridgehead atoms. The Labute approximate surface area is 168 Å². The highest BCUT2D eigenvalue weighted by molar-refractivity contribution is 14.1. The van der Waals surface area contributed by atoms with Crippen LogP contribution >= 0.6 is 34.2 Å². The number of ether oxygens (including phenoxy) is 2. The van der Waals surface area contributed by atoms with Crippen LogP contribution in [0.25, 0.3) is 0 Å². The lowest BCUT2D eigenvalue weighted by Gasteiger charge is -2.19. The fourth-order valence-electron chi connectivity index (χ4n) is 1.60. The highest BCUT2D eigenvalue weighted by Gasteiger charge is 2.26. The van der Waals surface area contributed by atoms with E-state index in [-0.39, 0.29) is 11.9 Å². The van der Waals surface area contributed by atoms with Gasteiger partial charge in [0.15, 0.2) is 0 Å². The number of hydrogen-bond acceptors (Lipinski definition) is 4. The maximum absolute atomic E-state index is 12.1. The van der Waals surface area contributed by atoms with Crippen molar-refractivity contribution in [1.29, 1.82) is 0 Å². The van der Waals surface area contributed by atoms with Crippen LogP contribution in [-0.2, 0) is 16.0 Å². The molecule has 138 valence electrons. The molecule has 0 radical (unpaired) electrons. The molecule has 0 heterocycles. The van der Waals surface area contributed by atoms with Crippen LogP contribution in [0.3, 0.4) is 0 Å². The number of benzene rings is 1. The van der Waals surface area contributed by atoms with Gasteiger partial charge in [0.1, 0.15) is 11.5 Å². The fraction of sp³-hybridized carbons (Fsp3) is 0.474. The third-order valence-electron chi connectivity index (χ3n) is 3.08. The number of hydrogen-bond donors (Lipinski definition) is 0. The van der Waals surface area contributed by atoms with Gasteiger partial charge in [-0.25, -0.2) is 0 Å². The fourth-order valence-corrected chi connectivity index (χ4v) is 1.98. The molecule has 0 N–H and O–H groups in total. The van der Waals surface area contributed by atoms with Gasteiger partial charge < -0.3 is 9.47 Å². The number of carbonyl (C=O) groups excluding carboxylic acids is 2. The van der Waals surface area contributed by atoms with Crippen molar-refractivity contribution in [2.24, 2.45) is 10.8 Å². The second kappa shape index (κ2) is 8.54. The molecule has 4 nitrogen and oxygen atoms in total. The highest BCUT2D eigenvalue weighted by Crippen LogP contribution is 2.29. The molecule has 0 saturated carbocycles. The van der Waals surface area contributed by atoms with Crippen LogP contribution in [0.5, 0.6) is 11.5 Å². The van der Waals surface area contributed by atoms with Crippen LogP contribution in [0, 0.1) is 10.8 Å². The van der Waals surface area contributed by atoms with E-state index in [1.807, 2.05) is 0 Å². The van der Waals surface area contributed by atoms with Crippen LogP contribution in [0.1, 0.15) is 47.1 Å². The van der Waals surface area contributed by atoms with Crippen molar-refractivity contribution in [1.82, 2.24) is 0 Å². The number of esters is 2. The Morgan fingerprint density at radius 1 is 0.960 bits per heavy atom. The summed E-state index contributed by atoms with van der Waals surface area (Å²) in [7, 11) is 0. The molecule has 1 aromatic carbocycles. The lowest BCUT2D eigenvalue weighted by Crippen LogP contribution is -2.26. The predicted molar refractivity (Wildman–Crippen MR) is 108 cm³/mol. The van der Waals surface area contributed by atoms with Crippen LogP contribution in [0.4, 0.5) is 0 Å². The Bertz CT molecular complexity index is 635. The van der Waals surface area contributed by atoms with Crippen molar-refractivity contribution in [3.05, 3.63) is 32.9 Å². The molecule has 6 heteroatoms. The molecule has 1 rings (SSSR count). The van der Waals surface area contributed by atoms with Crippen LogP contribution < -0.4 is 9.47 Å². The highest BCUT2D eigenvalue weighted by atomic mass is 127. The lowest BCUT2D eigenvalue weighted by atomic mass is 9.97. The molecule has 1 aromatic rings. The number of rotatable bonds is 4. The summed E-state index contributed by atoms with van der Waals surface area (Å²) in [5.74, 6) is -0.0827. The monoisotopic (exact) mass is 478 g/mol. The van der Waals surface area contributed by atoms with Gasteiger partial charge in [-0.2, -0.15) is 0 Å². The average molecular weight is 479 g/mol. The second-order valence-electron chi connectivity index (χ2n) is 7.82. The number of allylic oxidation sites excluding steroid dienone is 1. The zero-order valence-corrected chi connectivity index (χ0v) is 18.3. The molecule has 25 heavy (non-hydrogen) atoms. The molecule has 0 unspecified atom stereocenters. The van der Waals surface area contributed by atoms with Gasteiger partial charge in [-0.15, -0.1) is 0 Å². The third kappa shape index (κ3) is 7.36. The SMILES string of the molecule is CC(C)(C)C(=O)Oc1cc(C/C(Cl)=C/I)cc(OC(=O)C(C)(C)C)c1. The molecule has 0 saturated heterocycles. The number of carbonyl (C=O) groups is 2. The summed E-state index contributed by atoms with van der Waals surface area (Å²) >= 11 is 8.15. The predicted octanol–water partition coefficient (Wildman–Crippen LogP) is 5.65. The smallest absolute Gasteiger partial charge is 0.316 e. The molecular weight excluding hydrogens is 455 g/mol. The second-order valence-corrected chi connectivity index (χ2v) is 8.93. The maximum Gasteiger partial charge on any atom is 0.316 e. The van der Waals surface area contributed by atoms with Crippen molar-refractivity contribution in [3.8, 4) is 11.5 Å². The van der Waals surface area contributed by atoms with Crippen molar-refractivity contribution in [2.75, 3.05) is 0 Å². The topological polar surface area (TPSA) is 52.6 Å². The number of halogens is 2. The molecule has 0 aromatic heterocycles. The minimum absolute atomic E-state index is 0.326. The van der Waals surface area contributed by atoms with Crippen molar-refractivity contribution >= 4 is 46.1 Å². The van der Waals surface area contributed by atoms with Crippen molar-refractivity contribution in [2.45, 2.75) is 48.0 Å². The summed E-state index contributed by atoms with van der Waals surface area (Å²) in [6, 6.07) is 4.99. The van der Waals surface area contributed by atoms with E-state index in [0.717, 1.165) is 5.56 Å². The van der Waals surface area contributed by atoms with Crippen LogP contribution in [-0.4, -0.2) is 11.9 Å². The summed E-state index contributed by atoms with van der Waals surface area (Å²) in [6.07, 6.45) is 0.450. The zero-order valence-electron chi connectivity index (χ0n) is 15.4. The van der Waals surface area contributed by atoms with E-state index < -0.39 is 10.8 Å². The Kier molecular flexibility index (Phi) is 7.50. The molecule has 0 aliphatic heterocycles. The first-order valence-corrected chi connectivity index (χ1v) is 9.48. The normalized spacial score (nSPS) is 12.7. The summed E-state index contributed by atoms with van der Waals surface area (Å²) in [5, 5.41) is 0.632. The first-order chi connectivity index (χ1) is 11.3. The Balaban J connectivity index is 3.19. The first-order valence-electron chi connectivity index (χ1n) is 7.86. The molecular formula is C19H24ClIO4. The van der Waals surface area contributed by atoms with Gasteiger partial charge in [0.05, 0.1) is 10.8 Å². The first kappa shape index (κ1) is 22.0. The summed E-state index contributed by atoms with van der Waals surface area (Å²) < 4.78 is 12.7. The summed E-state index contributed by atoms with van der Waals surface area (Å²) in [5.41, 5.74) is -0.496. The van der Waals surface area contributed by atoms with Gasteiger partial charge >= 0.3 is 11.9 Å². The Morgan fingerprint density at radius 2 is 1.36 bits per heavy atom. The molecule has 0 aliphatic rings. The largest absolute Gasteiger partial charge is 0.426 e. The lowest BCUT2D eigenvalue weighted by molar-refractivity contribution is -0.143. The van der Waals surface area contributed by atoms with Gasteiger partial charge in [-0.1, -0.05) is 34.2 Å².